The number of imidazole rings is 1. The summed E-state index contributed by atoms with van der Waals surface area (Å²) < 4.78 is 25.0. The normalized spacial score (nSPS) is 22.9. The molecule has 2 fully saturated rings. The van der Waals surface area contributed by atoms with E-state index in [1.54, 1.807) is 13.0 Å². The molecule has 2 N–H and O–H groups in total. The van der Waals surface area contributed by atoms with Crippen LogP contribution in [0.4, 0.5) is 4.39 Å². The van der Waals surface area contributed by atoms with Crippen LogP contribution in [0.2, 0.25) is 0 Å². The van der Waals surface area contributed by atoms with E-state index in [1.165, 1.54) is 5.56 Å². The third kappa shape index (κ3) is 4.53. The molecular weight excluding hydrogens is 461 g/mol. The van der Waals surface area contributed by atoms with E-state index in [1.807, 2.05) is 23.1 Å². The predicted molar refractivity (Wildman–Crippen MR) is 134 cm³/mol. The molecule has 1 amide bonds. The highest BCUT2D eigenvalue weighted by Crippen LogP contribution is 2.42. The number of benzene rings is 2. The number of rotatable bonds is 5. The fraction of sp³-hybridized carbons (Fsp3) is 0.481. The first-order valence-corrected chi connectivity index (χ1v) is 12.9. The molecule has 0 aliphatic carbocycles. The number of ether oxygens (including phenoxy) is 2. The van der Waals surface area contributed by atoms with E-state index in [0.29, 0.717) is 42.9 Å². The topological polar surface area (TPSA) is 82.7 Å². The number of nitrogens with zero attached hydrogens (tertiary/aromatic N) is 3. The number of H-pyrrole nitrogens is 1. The number of halogens is 1. The third-order valence-corrected chi connectivity index (χ3v) is 7.54. The number of aromatic nitrogens is 2. The molecule has 36 heavy (non-hydrogen) atoms. The summed E-state index contributed by atoms with van der Waals surface area (Å²) in [5.74, 6) is 1.78. The molecule has 2 saturated heterocycles. The highest BCUT2D eigenvalue weighted by molar-refractivity contribution is 5.94. The average Bonchev–Trinajstić information content (AvgIpc) is 3.49. The molecule has 1 atom stereocenters. The molecule has 190 valence electrons. The number of hydrogen-bond donors (Lipinski definition) is 2. The zero-order valence-corrected chi connectivity index (χ0v) is 20.6. The largest absolute Gasteiger partial charge is 0.423 e. The zero-order valence-electron chi connectivity index (χ0n) is 20.6. The summed E-state index contributed by atoms with van der Waals surface area (Å²) in [6, 6.07) is 9.82. The van der Waals surface area contributed by atoms with E-state index in [4.69, 9.17) is 9.47 Å². The van der Waals surface area contributed by atoms with Gasteiger partial charge in [0.1, 0.15) is 0 Å². The predicted octanol–water partition coefficient (Wildman–Crippen LogP) is 3.79. The summed E-state index contributed by atoms with van der Waals surface area (Å²) in [4.78, 5) is 25.2. The van der Waals surface area contributed by atoms with Crippen molar-refractivity contribution in [2.24, 2.45) is 0 Å². The Labute approximate surface area is 209 Å². The van der Waals surface area contributed by atoms with Crippen molar-refractivity contribution in [2.75, 3.05) is 39.3 Å². The van der Waals surface area contributed by atoms with Crippen LogP contribution in [0.25, 0.3) is 11.0 Å². The summed E-state index contributed by atoms with van der Waals surface area (Å²) in [7, 11) is 0. The van der Waals surface area contributed by atoms with Gasteiger partial charge in [-0.3, -0.25) is 9.69 Å². The van der Waals surface area contributed by atoms with Gasteiger partial charge in [0.2, 0.25) is 0 Å². The molecule has 0 radical (unpaired) electrons. The molecule has 3 aromatic rings. The first-order valence-electron chi connectivity index (χ1n) is 12.9. The van der Waals surface area contributed by atoms with Gasteiger partial charge in [0.25, 0.3) is 5.91 Å². The minimum Gasteiger partial charge on any atom is -0.423 e. The molecule has 1 aromatic heterocycles. The average molecular weight is 494 g/mol. The second-order valence-corrected chi connectivity index (χ2v) is 9.95. The molecular formula is C27H32FN5O3. The van der Waals surface area contributed by atoms with E-state index in [-0.39, 0.29) is 12.3 Å². The molecule has 3 aliphatic heterocycles. The molecule has 2 aromatic carbocycles. The van der Waals surface area contributed by atoms with Crippen LogP contribution in [-0.2, 0) is 6.54 Å². The Morgan fingerprint density at radius 3 is 2.64 bits per heavy atom. The van der Waals surface area contributed by atoms with Crippen LogP contribution in [0.3, 0.4) is 0 Å². The quantitative estimate of drug-likeness (QED) is 0.563. The van der Waals surface area contributed by atoms with Gasteiger partial charge in [0.05, 0.1) is 17.5 Å². The molecule has 1 unspecified atom stereocenters. The van der Waals surface area contributed by atoms with E-state index in [9.17, 15) is 9.18 Å². The molecule has 8 nitrogen and oxygen atoms in total. The first-order chi connectivity index (χ1) is 17.5. The maximum Gasteiger partial charge on any atom is 0.407 e. The van der Waals surface area contributed by atoms with Gasteiger partial charge in [-0.05, 0) is 67.2 Å². The lowest BCUT2D eigenvalue weighted by atomic mass is 9.90. The van der Waals surface area contributed by atoms with Crippen LogP contribution in [0, 0.1) is 0 Å². The maximum absolute atomic E-state index is 14.4. The van der Waals surface area contributed by atoms with Crippen molar-refractivity contribution < 1.29 is 18.7 Å². The number of amides is 1. The van der Waals surface area contributed by atoms with Crippen molar-refractivity contribution in [3.05, 3.63) is 53.3 Å². The van der Waals surface area contributed by atoms with E-state index in [0.717, 1.165) is 55.6 Å². The molecule has 3 aliphatic rings. The van der Waals surface area contributed by atoms with Crippen molar-refractivity contribution in [2.45, 2.75) is 44.7 Å². The number of piperidine rings is 1. The van der Waals surface area contributed by atoms with Gasteiger partial charge in [-0.1, -0.05) is 19.1 Å². The van der Waals surface area contributed by atoms with Gasteiger partial charge in [0, 0.05) is 32.7 Å². The van der Waals surface area contributed by atoms with Crippen molar-refractivity contribution in [3.63, 3.8) is 0 Å². The highest BCUT2D eigenvalue weighted by atomic mass is 19.2. The smallest absolute Gasteiger partial charge is 0.407 e. The number of carbonyl (C=O) groups is 1. The molecule has 0 bridgehead atoms. The van der Waals surface area contributed by atoms with Gasteiger partial charge in [-0.2, -0.15) is 4.39 Å². The first kappa shape index (κ1) is 23.2. The van der Waals surface area contributed by atoms with Crippen LogP contribution >= 0.6 is 0 Å². The van der Waals surface area contributed by atoms with Crippen LogP contribution in [0.5, 0.6) is 11.5 Å². The van der Waals surface area contributed by atoms with Gasteiger partial charge >= 0.3 is 6.04 Å². The molecule has 9 heteroatoms. The van der Waals surface area contributed by atoms with E-state index < -0.39 is 6.04 Å². The highest BCUT2D eigenvalue weighted by Gasteiger charge is 2.40. The second-order valence-electron chi connectivity index (χ2n) is 9.95. The van der Waals surface area contributed by atoms with E-state index in [2.05, 4.69) is 32.3 Å². The van der Waals surface area contributed by atoms with Crippen molar-refractivity contribution in [1.29, 1.82) is 0 Å². The maximum atomic E-state index is 14.4. The van der Waals surface area contributed by atoms with Crippen LogP contribution in [0.1, 0.15) is 53.8 Å². The van der Waals surface area contributed by atoms with Gasteiger partial charge in [0.15, 0.2) is 17.3 Å². The number of aromatic amines is 1. The van der Waals surface area contributed by atoms with Crippen molar-refractivity contribution >= 4 is 16.9 Å². The third-order valence-electron chi connectivity index (χ3n) is 7.54. The standard InChI is InChI=1S/C27H32FN5O3/c1-2-27(28)35-23-6-3-18(15-24(23)36-27)17-32-11-13-33(14-12-32)26(34)25-30-21-5-4-20(16-22(21)31-25)19-7-9-29-10-8-19/h3-6,15-16,19,29H,2,7-14,17H2,1H3,(H,30,31). The van der Waals surface area contributed by atoms with Crippen molar-refractivity contribution in [1.82, 2.24) is 25.1 Å². The minimum absolute atomic E-state index is 0.0591. The molecule has 0 saturated carbocycles. The molecule has 4 heterocycles. The Kier molecular flexibility index (Phi) is 6.05. The number of nitrogens with one attached hydrogen (secondary N) is 2. The summed E-state index contributed by atoms with van der Waals surface area (Å²) in [6.07, 6.45) is 2.39. The molecule has 0 spiro atoms. The lowest BCUT2D eigenvalue weighted by Crippen LogP contribution is -2.48. The Morgan fingerprint density at radius 2 is 1.86 bits per heavy atom. The summed E-state index contributed by atoms with van der Waals surface area (Å²) >= 11 is 0. The summed E-state index contributed by atoms with van der Waals surface area (Å²) in [5.41, 5.74) is 4.09. The lowest BCUT2D eigenvalue weighted by Gasteiger charge is -2.34. The van der Waals surface area contributed by atoms with Gasteiger partial charge in [-0.25, -0.2) is 4.98 Å². The van der Waals surface area contributed by atoms with Crippen LogP contribution < -0.4 is 14.8 Å². The number of alkyl halides is 1. The Balaban J connectivity index is 1.07. The molecule has 6 rings (SSSR count). The Bertz CT molecular complexity index is 1270. The van der Waals surface area contributed by atoms with Gasteiger partial charge < -0.3 is 24.7 Å². The minimum atomic E-state index is -2.07. The fourth-order valence-corrected chi connectivity index (χ4v) is 5.36. The Hall–Kier alpha value is -3.17. The summed E-state index contributed by atoms with van der Waals surface area (Å²) in [6.45, 7) is 7.24. The number of piperazine rings is 1. The summed E-state index contributed by atoms with van der Waals surface area (Å²) in [5, 5.41) is 3.41. The van der Waals surface area contributed by atoms with Crippen LogP contribution in [-0.4, -0.2) is 71.0 Å². The van der Waals surface area contributed by atoms with Crippen LogP contribution in [0.15, 0.2) is 36.4 Å². The second kappa shape index (κ2) is 9.37. The monoisotopic (exact) mass is 493 g/mol. The number of fused-ring (bicyclic) bond motifs is 2. The van der Waals surface area contributed by atoms with Crippen molar-refractivity contribution in [3.8, 4) is 11.5 Å². The number of hydrogen-bond acceptors (Lipinski definition) is 6. The zero-order chi connectivity index (χ0) is 24.7. The lowest BCUT2D eigenvalue weighted by molar-refractivity contribution is -0.191. The fourth-order valence-electron chi connectivity index (χ4n) is 5.36. The number of carbonyl (C=O) groups excluding carboxylic acids is 1. The Morgan fingerprint density at radius 1 is 1.08 bits per heavy atom. The van der Waals surface area contributed by atoms with Gasteiger partial charge in [-0.15, -0.1) is 0 Å². The van der Waals surface area contributed by atoms with E-state index >= 15 is 0 Å². The SMILES string of the molecule is CCC1(F)Oc2ccc(CN3CCN(C(=O)c4nc5cc(C6CCNCC6)ccc5[nH]4)CC3)cc2O1.